The minimum Gasteiger partial charge on any atom is -0.444 e. The molecule has 0 aromatic heterocycles. The second-order valence-corrected chi connectivity index (χ2v) is 5.19. The third kappa shape index (κ3) is 4.51. The van der Waals surface area contributed by atoms with Gasteiger partial charge in [0.25, 0.3) is 0 Å². The first-order valence-corrected chi connectivity index (χ1v) is 5.59. The average molecular weight is 214 g/mol. The average Bonchev–Trinajstić information content (AvgIpc) is 2.50. The van der Waals surface area contributed by atoms with Crippen LogP contribution in [-0.4, -0.2) is 30.8 Å². The highest BCUT2D eigenvalue weighted by atomic mass is 16.6. The van der Waals surface area contributed by atoms with Crippen LogP contribution < -0.4 is 10.6 Å². The molecule has 1 amide bonds. The first-order chi connectivity index (χ1) is 6.88. The number of hydrogen-bond acceptors (Lipinski definition) is 3. The van der Waals surface area contributed by atoms with Gasteiger partial charge in [-0.15, -0.1) is 0 Å². The lowest BCUT2D eigenvalue weighted by Crippen LogP contribution is -2.41. The summed E-state index contributed by atoms with van der Waals surface area (Å²) in [5, 5.41) is 6.16. The molecule has 1 rings (SSSR count). The molecular weight excluding hydrogens is 192 g/mol. The number of carbonyl (C=O) groups excluding carboxylic acids is 1. The molecule has 1 unspecified atom stereocenters. The zero-order valence-electron chi connectivity index (χ0n) is 10.1. The van der Waals surface area contributed by atoms with Crippen LogP contribution in [0.5, 0.6) is 0 Å². The van der Waals surface area contributed by atoms with E-state index in [1.807, 2.05) is 27.7 Å². The van der Waals surface area contributed by atoms with E-state index < -0.39 is 5.60 Å². The number of alkyl carbamates (subject to hydrolysis) is 1. The van der Waals surface area contributed by atoms with Gasteiger partial charge in [-0.2, -0.15) is 0 Å². The molecule has 2 atom stereocenters. The molecule has 1 aliphatic heterocycles. The minimum absolute atomic E-state index is 0.176. The molecule has 1 saturated heterocycles. The number of nitrogens with one attached hydrogen (secondary N) is 2. The van der Waals surface area contributed by atoms with Crippen molar-refractivity contribution in [3.63, 3.8) is 0 Å². The maximum Gasteiger partial charge on any atom is 0.407 e. The van der Waals surface area contributed by atoms with Gasteiger partial charge in [0.2, 0.25) is 0 Å². The summed E-state index contributed by atoms with van der Waals surface area (Å²) >= 11 is 0. The number of rotatable bonds is 2. The Balaban J connectivity index is 2.30. The van der Waals surface area contributed by atoms with Crippen molar-refractivity contribution in [1.29, 1.82) is 0 Å². The summed E-state index contributed by atoms with van der Waals surface area (Å²) in [7, 11) is 0. The van der Waals surface area contributed by atoms with Gasteiger partial charge in [-0.25, -0.2) is 4.79 Å². The molecule has 4 heteroatoms. The van der Waals surface area contributed by atoms with Crippen molar-refractivity contribution in [2.45, 2.75) is 45.8 Å². The molecule has 0 bridgehead atoms. The number of ether oxygens (including phenoxy) is 1. The largest absolute Gasteiger partial charge is 0.444 e. The molecule has 0 radical (unpaired) electrons. The van der Waals surface area contributed by atoms with Crippen molar-refractivity contribution in [2.24, 2.45) is 5.92 Å². The van der Waals surface area contributed by atoms with E-state index in [1.165, 1.54) is 0 Å². The van der Waals surface area contributed by atoms with Gasteiger partial charge in [0.15, 0.2) is 0 Å². The Morgan fingerprint density at radius 3 is 2.67 bits per heavy atom. The van der Waals surface area contributed by atoms with Crippen molar-refractivity contribution >= 4 is 6.09 Å². The van der Waals surface area contributed by atoms with Gasteiger partial charge < -0.3 is 15.4 Å². The van der Waals surface area contributed by atoms with E-state index in [0.29, 0.717) is 5.92 Å². The number of hydrogen-bond donors (Lipinski definition) is 2. The molecule has 0 spiro atoms. The van der Waals surface area contributed by atoms with Gasteiger partial charge in [0.1, 0.15) is 5.60 Å². The first-order valence-electron chi connectivity index (χ1n) is 5.59. The Labute approximate surface area is 91.8 Å². The molecular formula is C11H22N2O2. The Kier molecular flexibility index (Phi) is 3.97. The Hall–Kier alpha value is -0.770. The predicted octanol–water partition coefficient (Wildman–Crippen LogP) is 1.51. The summed E-state index contributed by atoms with van der Waals surface area (Å²) in [6.07, 6.45) is 0.804. The zero-order valence-corrected chi connectivity index (χ0v) is 10.1. The third-order valence-corrected chi connectivity index (χ3v) is 2.55. The molecule has 1 heterocycles. The Morgan fingerprint density at radius 2 is 2.20 bits per heavy atom. The molecule has 88 valence electrons. The highest BCUT2D eigenvalue weighted by Gasteiger charge is 2.24. The zero-order chi connectivity index (χ0) is 11.5. The fourth-order valence-electron chi connectivity index (χ4n) is 1.72. The summed E-state index contributed by atoms with van der Waals surface area (Å²) in [4.78, 5) is 11.5. The molecule has 0 aromatic carbocycles. The summed E-state index contributed by atoms with van der Waals surface area (Å²) in [5.74, 6) is 0.525. The number of carbonyl (C=O) groups is 1. The van der Waals surface area contributed by atoms with Crippen LogP contribution in [-0.2, 0) is 4.74 Å². The fourth-order valence-corrected chi connectivity index (χ4v) is 1.72. The topological polar surface area (TPSA) is 50.4 Å². The minimum atomic E-state index is -0.419. The van der Waals surface area contributed by atoms with Gasteiger partial charge >= 0.3 is 6.09 Å². The highest BCUT2D eigenvalue weighted by molar-refractivity contribution is 5.68. The SMILES string of the molecule is CC(NC(=O)OC(C)(C)C)[C@@H]1CCNC1. The predicted molar refractivity (Wildman–Crippen MR) is 59.8 cm³/mol. The quantitative estimate of drug-likeness (QED) is 0.732. The van der Waals surface area contributed by atoms with E-state index in [4.69, 9.17) is 4.74 Å². The van der Waals surface area contributed by atoms with Gasteiger partial charge in [-0.05, 0) is 53.1 Å². The lowest BCUT2D eigenvalue weighted by Gasteiger charge is -2.24. The Morgan fingerprint density at radius 1 is 1.53 bits per heavy atom. The van der Waals surface area contributed by atoms with E-state index in [2.05, 4.69) is 10.6 Å². The summed E-state index contributed by atoms with van der Waals surface area (Å²) in [5.41, 5.74) is -0.419. The monoisotopic (exact) mass is 214 g/mol. The third-order valence-electron chi connectivity index (χ3n) is 2.55. The Bertz CT molecular complexity index is 217. The van der Waals surface area contributed by atoms with Crippen LogP contribution in [0.1, 0.15) is 34.1 Å². The van der Waals surface area contributed by atoms with Crippen molar-refractivity contribution in [3.8, 4) is 0 Å². The molecule has 4 nitrogen and oxygen atoms in total. The second kappa shape index (κ2) is 4.84. The van der Waals surface area contributed by atoms with Crippen LogP contribution >= 0.6 is 0 Å². The lowest BCUT2D eigenvalue weighted by atomic mass is 10.0. The van der Waals surface area contributed by atoms with Gasteiger partial charge in [-0.1, -0.05) is 0 Å². The molecule has 0 aromatic rings. The van der Waals surface area contributed by atoms with E-state index in [9.17, 15) is 4.79 Å². The smallest absolute Gasteiger partial charge is 0.407 e. The molecule has 15 heavy (non-hydrogen) atoms. The normalized spacial score (nSPS) is 23.6. The van der Waals surface area contributed by atoms with Crippen LogP contribution in [0, 0.1) is 5.92 Å². The number of amides is 1. The summed E-state index contributed by atoms with van der Waals surface area (Å²) in [6.45, 7) is 9.67. The van der Waals surface area contributed by atoms with Crippen molar-refractivity contribution in [2.75, 3.05) is 13.1 Å². The molecule has 2 N–H and O–H groups in total. The molecule has 0 saturated carbocycles. The van der Waals surface area contributed by atoms with Gasteiger partial charge in [0, 0.05) is 6.04 Å². The van der Waals surface area contributed by atoms with Crippen molar-refractivity contribution in [1.82, 2.24) is 10.6 Å². The van der Waals surface area contributed by atoms with Crippen LogP contribution in [0.4, 0.5) is 4.79 Å². The van der Waals surface area contributed by atoms with Crippen molar-refractivity contribution < 1.29 is 9.53 Å². The molecule has 1 aliphatic rings. The maximum atomic E-state index is 11.5. The van der Waals surface area contributed by atoms with Crippen molar-refractivity contribution in [3.05, 3.63) is 0 Å². The van der Waals surface area contributed by atoms with E-state index in [1.54, 1.807) is 0 Å². The van der Waals surface area contributed by atoms with Crippen LogP contribution in [0.2, 0.25) is 0 Å². The van der Waals surface area contributed by atoms with E-state index in [-0.39, 0.29) is 12.1 Å². The van der Waals surface area contributed by atoms with Gasteiger partial charge in [0.05, 0.1) is 0 Å². The van der Waals surface area contributed by atoms with Crippen LogP contribution in [0.3, 0.4) is 0 Å². The lowest BCUT2D eigenvalue weighted by molar-refractivity contribution is 0.0494. The molecule has 0 aliphatic carbocycles. The maximum absolute atomic E-state index is 11.5. The van der Waals surface area contributed by atoms with E-state index in [0.717, 1.165) is 19.5 Å². The van der Waals surface area contributed by atoms with Crippen LogP contribution in [0.15, 0.2) is 0 Å². The standard InChI is InChI=1S/C11H22N2O2/c1-8(9-5-6-12-7-9)13-10(14)15-11(2,3)4/h8-9,12H,5-7H2,1-4H3,(H,13,14)/t8?,9-/m1/s1. The van der Waals surface area contributed by atoms with Crippen LogP contribution in [0.25, 0.3) is 0 Å². The van der Waals surface area contributed by atoms with Gasteiger partial charge in [-0.3, -0.25) is 0 Å². The fraction of sp³-hybridized carbons (Fsp3) is 0.909. The molecule has 1 fully saturated rings. The highest BCUT2D eigenvalue weighted by Crippen LogP contribution is 2.13. The summed E-state index contributed by atoms with van der Waals surface area (Å²) < 4.78 is 5.20. The first kappa shape index (κ1) is 12.3. The van der Waals surface area contributed by atoms with E-state index >= 15 is 0 Å². The second-order valence-electron chi connectivity index (χ2n) is 5.19. The summed E-state index contributed by atoms with van der Waals surface area (Å²) in [6, 6.07) is 0.176.